The number of hydrogen-bond donors (Lipinski definition) is 0. The third-order valence-electron chi connectivity index (χ3n) is 3.32. The highest BCUT2D eigenvalue weighted by Gasteiger charge is 2.25. The average molecular weight is 292 g/mol. The fourth-order valence-corrected chi connectivity index (χ4v) is 2.59. The van der Waals surface area contributed by atoms with Gasteiger partial charge in [-0.05, 0) is 24.1 Å². The summed E-state index contributed by atoms with van der Waals surface area (Å²) in [5, 5.41) is 9.72. The van der Waals surface area contributed by atoms with E-state index >= 15 is 0 Å². The summed E-state index contributed by atoms with van der Waals surface area (Å²) in [5.41, 5.74) is 1.30. The van der Waals surface area contributed by atoms with Crippen LogP contribution in [0.5, 0.6) is 0 Å². The Balaban J connectivity index is 2.14. The molecule has 1 amide bonds. The summed E-state index contributed by atoms with van der Waals surface area (Å²) in [5.74, 6) is 0.583. The molecule has 1 heterocycles. The number of benzene rings is 1. The van der Waals surface area contributed by atoms with Crippen LogP contribution in [0, 0.1) is 17.2 Å². The van der Waals surface area contributed by atoms with Crippen molar-refractivity contribution < 1.29 is 4.79 Å². The molecule has 5 heteroatoms. The minimum atomic E-state index is 0.115. The molecule has 0 aromatic heterocycles. The first-order valence-corrected chi connectivity index (χ1v) is 7.11. The minimum Gasteiger partial charge on any atom is -0.359 e. The van der Waals surface area contributed by atoms with Crippen LogP contribution >= 0.6 is 11.6 Å². The Labute approximate surface area is 124 Å². The van der Waals surface area contributed by atoms with Crippen LogP contribution < -0.4 is 4.90 Å². The van der Waals surface area contributed by atoms with Gasteiger partial charge in [0.15, 0.2) is 0 Å². The van der Waals surface area contributed by atoms with Crippen molar-refractivity contribution in [2.24, 2.45) is 5.92 Å². The Morgan fingerprint density at radius 1 is 1.40 bits per heavy atom. The number of piperazine rings is 1. The zero-order valence-corrected chi connectivity index (χ0v) is 12.5. The van der Waals surface area contributed by atoms with Crippen LogP contribution in [0.1, 0.15) is 19.4 Å². The van der Waals surface area contributed by atoms with Gasteiger partial charge in [0.05, 0.1) is 17.8 Å². The Morgan fingerprint density at radius 3 is 2.75 bits per heavy atom. The molecule has 1 aromatic rings. The SMILES string of the molecule is CC(C)CN1CCN(c2ccc(Cl)cc2C#N)CC1=O. The first-order chi connectivity index (χ1) is 9.51. The summed E-state index contributed by atoms with van der Waals surface area (Å²) in [6.45, 7) is 6.76. The third kappa shape index (κ3) is 3.23. The van der Waals surface area contributed by atoms with Crippen LogP contribution in [0.15, 0.2) is 18.2 Å². The maximum atomic E-state index is 12.2. The maximum Gasteiger partial charge on any atom is 0.242 e. The van der Waals surface area contributed by atoms with E-state index in [1.54, 1.807) is 12.1 Å². The van der Waals surface area contributed by atoms with Crippen molar-refractivity contribution >= 4 is 23.2 Å². The summed E-state index contributed by atoms with van der Waals surface area (Å²) in [4.78, 5) is 16.0. The van der Waals surface area contributed by atoms with Crippen molar-refractivity contribution in [1.82, 2.24) is 4.90 Å². The van der Waals surface area contributed by atoms with Crippen LogP contribution in [-0.4, -0.2) is 37.0 Å². The van der Waals surface area contributed by atoms with Crippen molar-refractivity contribution in [3.8, 4) is 6.07 Å². The first-order valence-electron chi connectivity index (χ1n) is 6.73. The third-order valence-corrected chi connectivity index (χ3v) is 3.56. The zero-order valence-electron chi connectivity index (χ0n) is 11.8. The molecular formula is C15H18ClN3O. The lowest BCUT2D eigenvalue weighted by Gasteiger charge is -2.36. The van der Waals surface area contributed by atoms with E-state index < -0.39 is 0 Å². The smallest absolute Gasteiger partial charge is 0.242 e. The van der Waals surface area contributed by atoms with Gasteiger partial charge in [-0.2, -0.15) is 5.26 Å². The van der Waals surface area contributed by atoms with Crippen molar-refractivity contribution in [3.05, 3.63) is 28.8 Å². The molecule has 106 valence electrons. The van der Waals surface area contributed by atoms with Gasteiger partial charge in [0.25, 0.3) is 0 Å². The fraction of sp³-hybridized carbons (Fsp3) is 0.467. The lowest BCUT2D eigenvalue weighted by Crippen LogP contribution is -2.51. The van der Waals surface area contributed by atoms with E-state index in [2.05, 4.69) is 19.9 Å². The van der Waals surface area contributed by atoms with E-state index in [4.69, 9.17) is 11.6 Å². The molecule has 0 radical (unpaired) electrons. The predicted molar refractivity (Wildman–Crippen MR) is 79.8 cm³/mol. The Kier molecular flexibility index (Phi) is 4.51. The summed E-state index contributed by atoms with van der Waals surface area (Å²) < 4.78 is 0. The molecule has 1 aromatic carbocycles. The van der Waals surface area contributed by atoms with Crippen LogP contribution in [0.25, 0.3) is 0 Å². The molecular weight excluding hydrogens is 274 g/mol. The molecule has 0 bridgehead atoms. The quantitative estimate of drug-likeness (QED) is 0.860. The molecule has 1 aliphatic heterocycles. The van der Waals surface area contributed by atoms with E-state index in [1.807, 2.05) is 15.9 Å². The van der Waals surface area contributed by atoms with Crippen LogP contribution in [0.4, 0.5) is 5.69 Å². The second-order valence-corrected chi connectivity index (χ2v) is 5.86. The summed E-state index contributed by atoms with van der Waals surface area (Å²) in [6, 6.07) is 7.35. The number of carbonyl (C=O) groups is 1. The second-order valence-electron chi connectivity index (χ2n) is 5.43. The van der Waals surface area contributed by atoms with Crippen LogP contribution in [0.3, 0.4) is 0 Å². The van der Waals surface area contributed by atoms with Gasteiger partial charge in [0, 0.05) is 24.7 Å². The van der Waals surface area contributed by atoms with Crippen LogP contribution in [-0.2, 0) is 4.79 Å². The number of hydrogen-bond acceptors (Lipinski definition) is 3. The number of carbonyl (C=O) groups excluding carboxylic acids is 1. The van der Waals surface area contributed by atoms with Crippen LogP contribution in [0.2, 0.25) is 5.02 Å². The lowest BCUT2D eigenvalue weighted by atomic mass is 10.1. The zero-order chi connectivity index (χ0) is 14.7. The Hall–Kier alpha value is -1.73. The number of nitriles is 1. The van der Waals surface area contributed by atoms with E-state index in [-0.39, 0.29) is 5.91 Å². The molecule has 0 aliphatic carbocycles. The molecule has 0 N–H and O–H groups in total. The summed E-state index contributed by atoms with van der Waals surface area (Å²) >= 11 is 5.90. The topological polar surface area (TPSA) is 47.3 Å². The normalized spacial score (nSPS) is 15.7. The standard InChI is InChI=1S/C15H18ClN3O/c1-11(2)9-19-6-5-18(10-15(19)20)14-4-3-13(16)7-12(14)8-17/h3-4,7,11H,5-6,9-10H2,1-2H3. The van der Waals surface area contributed by atoms with Crippen molar-refractivity contribution in [1.29, 1.82) is 5.26 Å². The molecule has 1 aliphatic rings. The Bertz CT molecular complexity index is 551. The van der Waals surface area contributed by atoms with Gasteiger partial charge in [-0.1, -0.05) is 25.4 Å². The first kappa shape index (κ1) is 14.7. The molecule has 0 saturated carbocycles. The number of amides is 1. The Morgan fingerprint density at radius 2 is 2.15 bits per heavy atom. The van der Waals surface area contributed by atoms with Gasteiger partial charge in [-0.3, -0.25) is 4.79 Å². The highest BCUT2D eigenvalue weighted by atomic mass is 35.5. The maximum absolute atomic E-state index is 12.2. The van der Waals surface area contributed by atoms with Gasteiger partial charge in [0.1, 0.15) is 6.07 Å². The molecule has 20 heavy (non-hydrogen) atoms. The largest absolute Gasteiger partial charge is 0.359 e. The lowest BCUT2D eigenvalue weighted by molar-refractivity contribution is -0.131. The molecule has 0 unspecified atom stereocenters. The monoisotopic (exact) mass is 291 g/mol. The van der Waals surface area contributed by atoms with E-state index in [0.717, 1.165) is 18.8 Å². The molecule has 4 nitrogen and oxygen atoms in total. The fourth-order valence-electron chi connectivity index (χ4n) is 2.42. The van der Waals surface area contributed by atoms with Crippen molar-refractivity contribution in [2.75, 3.05) is 31.1 Å². The van der Waals surface area contributed by atoms with Gasteiger partial charge < -0.3 is 9.80 Å². The number of halogens is 1. The van der Waals surface area contributed by atoms with Gasteiger partial charge in [-0.15, -0.1) is 0 Å². The number of anilines is 1. The predicted octanol–water partition coefficient (Wildman–Crippen LogP) is 2.52. The summed E-state index contributed by atoms with van der Waals surface area (Å²) in [6.07, 6.45) is 0. The second kappa shape index (κ2) is 6.15. The van der Waals surface area contributed by atoms with Gasteiger partial charge in [-0.25, -0.2) is 0 Å². The molecule has 1 saturated heterocycles. The van der Waals surface area contributed by atoms with Gasteiger partial charge in [0.2, 0.25) is 5.91 Å². The molecule has 2 rings (SSSR count). The van der Waals surface area contributed by atoms with E-state index in [0.29, 0.717) is 29.6 Å². The minimum absolute atomic E-state index is 0.115. The van der Waals surface area contributed by atoms with E-state index in [9.17, 15) is 10.1 Å². The molecule has 1 fully saturated rings. The highest BCUT2D eigenvalue weighted by Crippen LogP contribution is 2.25. The number of nitrogens with zero attached hydrogens (tertiary/aromatic N) is 3. The van der Waals surface area contributed by atoms with E-state index in [1.165, 1.54) is 0 Å². The van der Waals surface area contributed by atoms with Crippen molar-refractivity contribution in [3.63, 3.8) is 0 Å². The summed E-state index contributed by atoms with van der Waals surface area (Å²) in [7, 11) is 0. The molecule has 0 atom stereocenters. The van der Waals surface area contributed by atoms with Gasteiger partial charge >= 0.3 is 0 Å². The highest BCUT2D eigenvalue weighted by molar-refractivity contribution is 6.30. The average Bonchev–Trinajstić information content (AvgIpc) is 2.40. The number of rotatable bonds is 3. The molecule has 0 spiro atoms. The van der Waals surface area contributed by atoms with Crippen molar-refractivity contribution in [2.45, 2.75) is 13.8 Å².